The molecule has 0 heterocycles. The second-order valence-electron chi connectivity index (χ2n) is 3.59. The highest BCUT2D eigenvalue weighted by molar-refractivity contribution is 5.43. The van der Waals surface area contributed by atoms with Crippen LogP contribution in [0.5, 0.6) is 0 Å². The van der Waals surface area contributed by atoms with Crippen LogP contribution in [-0.2, 0) is 6.42 Å². The molecule has 0 spiro atoms. The molecule has 12 heavy (non-hydrogen) atoms. The van der Waals surface area contributed by atoms with Gasteiger partial charge < -0.3 is 5.32 Å². The third kappa shape index (κ3) is 1.79. The average molecular weight is 161 g/mol. The molecular weight excluding hydrogens is 146 g/mol. The number of nitrogens with one attached hydrogen (secondary N) is 1. The third-order valence-electron chi connectivity index (χ3n) is 2.46. The molecule has 1 aliphatic rings. The van der Waals surface area contributed by atoms with E-state index in [-0.39, 0.29) is 0 Å². The van der Waals surface area contributed by atoms with E-state index < -0.39 is 0 Å². The highest BCUT2D eigenvalue weighted by Crippen LogP contribution is 2.32. The molecule has 0 bridgehead atoms. The molecule has 1 N–H and O–H groups in total. The molecule has 0 unspecified atom stereocenters. The molecule has 1 heteroatoms. The van der Waals surface area contributed by atoms with Gasteiger partial charge in [0, 0.05) is 12.7 Å². The van der Waals surface area contributed by atoms with Gasteiger partial charge in [-0.15, -0.1) is 0 Å². The zero-order chi connectivity index (χ0) is 8.39. The second-order valence-corrected chi connectivity index (χ2v) is 3.59. The minimum atomic E-state index is 0.991. The Morgan fingerprint density at radius 1 is 1.25 bits per heavy atom. The van der Waals surface area contributed by atoms with Gasteiger partial charge in [-0.25, -0.2) is 0 Å². The van der Waals surface area contributed by atoms with Crippen molar-refractivity contribution in [2.45, 2.75) is 19.3 Å². The van der Waals surface area contributed by atoms with Gasteiger partial charge in [-0.1, -0.05) is 12.1 Å². The van der Waals surface area contributed by atoms with Gasteiger partial charge in [-0.05, 0) is 42.9 Å². The minimum absolute atomic E-state index is 0.991. The van der Waals surface area contributed by atoms with Gasteiger partial charge in [0.2, 0.25) is 0 Å². The van der Waals surface area contributed by atoms with Crippen LogP contribution in [0.2, 0.25) is 0 Å². The van der Waals surface area contributed by atoms with E-state index in [0.29, 0.717) is 0 Å². The largest absolute Gasteiger partial charge is 0.388 e. The molecule has 1 saturated carbocycles. The summed E-state index contributed by atoms with van der Waals surface area (Å²) in [6.07, 6.45) is 4.16. The van der Waals surface area contributed by atoms with Crippen LogP contribution in [0.25, 0.3) is 0 Å². The summed E-state index contributed by atoms with van der Waals surface area (Å²) in [6, 6.07) is 8.75. The first kappa shape index (κ1) is 7.66. The van der Waals surface area contributed by atoms with E-state index in [1.165, 1.54) is 30.5 Å². The SMILES string of the molecule is CNc1ccc(CC2CC2)cc1. The fraction of sp³-hybridized carbons (Fsp3) is 0.455. The molecule has 0 aromatic heterocycles. The Morgan fingerprint density at radius 2 is 1.92 bits per heavy atom. The standard InChI is InChI=1S/C11H15N/c1-12-11-6-4-10(5-7-11)8-9-2-3-9/h4-7,9,12H,2-3,8H2,1H3. The Balaban J connectivity index is 2.02. The van der Waals surface area contributed by atoms with Gasteiger partial charge in [0.15, 0.2) is 0 Å². The maximum atomic E-state index is 3.12. The summed E-state index contributed by atoms with van der Waals surface area (Å²) >= 11 is 0. The van der Waals surface area contributed by atoms with Crippen molar-refractivity contribution >= 4 is 5.69 Å². The minimum Gasteiger partial charge on any atom is -0.388 e. The summed E-state index contributed by atoms with van der Waals surface area (Å²) in [5.74, 6) is 0.991. The van der Waals surface area contributed by atoms with Crippen molar-refractivity contribution < 1.29 is 0 Å². The molecule has 2 rings (SSSR count). The Labute approximate surface area is 73.8 Å². The van der Waals surface area contributed by atoms with E-state index in [2.05, 4.69) is 29.6 Å². The highest BCUT2D eigenvalue weighted by atomic mass is 14.8. The summed E-state index contributed by atoms with van der Waals surface area (Å²) in [7, 11) is 1.95. The van der Waals surface area contributed by atoms with E-state index in [1.807, 2.05) is 7.05 Å². The van der Waals surface area contributed by atoms with Crippen molar-refractivity contribution in [1.29, 1.82) is 0 Å². The second kappa shape index (κ2) is 3.18. The molecule has 64 valence electrons. The summed E-state index contributed by atoms with van der Waals surface area (Å²) in [4.78, 5) is 0. The lowest BCUT2D eigenvalue weighted by Gasteiger charge is -2.01. The molecular formula is C11H15N. The van der Waals surface area contributed by atoms with E-state index in [1.54, 1.807) is 0 Å². The van der Waals surface area contributed by atoms with Crippen molar-refractivity contribution in [3.05, 3.63) is 29.8 Å². The van der Waals surface area contributed by atoms with Crippen LogP contribution < -0.4 is 5.32 Å². The topological polar surface area (TPSA) is 12.0 Å². The first-order valence-electron chi connectivity index (χ1n) is 4.65. The number of rotatable bonds is 3. The first-order chi connectivity index (χ1) is 5.88. The zero-order valence-corrected chi connectivity index (χ0v) is 7.51. The molecule has 1 fully saturated rings. The normalized spacial score (nSPS) is 16.1. The lowest BCUT2D eigenvalue weighted by atomic mass is 10.1. The molecule has 0 aliphatic heterocycles. The van der Waals surface area contributed by atoms with Crippen LogP contribution >= 0.6 is 0 Å². The maximum absolute atomic E-state index is 3.12. The maximum Gasteiger partial charge on any atom is 0.0337 e. The number of hydrogen-bond donors (Lipinski definition) is 1. The van der Waals surface area contributed by atoms with Gasteiger partial charge >= 0.3 is 0 Å². The van der Waals surface area contributed by atoms with Crippen LogP contribution in [0.15, 0.2) is 24.3 Å². The van der Waals surface area contributed by atoms with Crippen LogP contribution in [0.1, 0.15) is 18.4 Å². The number of hydrogen-bond acceptors (Lipinski definition) is 1. The van der Waals surface area contributed by atoms with E-state index in [9.17, 15) is 0 Å². The molecule has 1 nitrogen and oxygen atoms in total. The molecule has 0 atom stereocenters. The van der Waals surface area contributed by atoms with E-state index in [4.69, 9.17) is 0 Å². The van der Waals surface area contributed by atoms with Gasteiger partial charge in [0.25, 0.3) is 0 Å². The predicted molar refractivity (Wildman–Crippen MR) is 52.4 cm³/mol. The Hall–Kier alpha value is -0.980. The van der Waals surface area contributed by atoms with Crippen molar-refractivity contribution in [1.82, 2.24) is 0 Å². The molecule has 0 radical (unpaired) electrons. The Morgan fingerprint density at radius 3 is 2.42 bits per heavy atom. The van der Waals surface area contributed by atoms with Crippen molar-refractivity contribution in [2.75, 3.05) is 12.4 Å². The zero-order valence-electron chi connectivity index (χ0n) is 7.51. The van der Waals surface area contributed by atoms with E-state index in [0.717, 1.165) is 5.92 Å². The number of anilines is 1. The van der Waals surface area contributed by atoms with Crippen LogP contribution in [-0.4, -0.2) is 7.05 Å². The smallest absolute Gasteiger partial charge is 0.0337 e. The third-order valence-corrected chi connectivity index (χ3v) is 2.46. The van der Waals surface area contributed by atoms with Gasteiger partial charge in [-0.3, -0.25) is 0 Å². The van der Waals surface area contributed by atoms with Crippen molar-refractivity contribution in [3.8, 4) is 0 Å². The monoisotopic (exact) mass is 161 g/mol. The van der Waals surface area contributed by atoms with Gasteiger partial charge in [0.1, 0.15) is 0 Å². The highest BCUT2D eigenvalue weighted by Gasteiger charge is 2.20. The summed E-state index contributed by atoms with van der Waals surface area (Å²) in [5, 5.41) is 3.12. The van der Waals surface area contributed by atoms with Crippen molar-refractivity contribution in [3.63, 3.8) is 0 Å². The average Bonchev–Trinajstić information content (AvgIpc) is 2.90. The van der Waals surface area contributed by atoms with Crippen LogP contribution in [0.4, 0.5) is 5.69 Å². The Kier molecular flexibility index (Phi) is 2.03. The summed E-state index contributed by atoms with van der Waals surface area (Å²) in [6.45, 7) is 0. The van der Waals surface area contributed by atoms with Crippen LogP contribution in [0.3, 0.4) is 0 Å². The quantitative estimate of drug-likeness (QED) is 0.718. The molecule has 1 aromatic carbocycles. The molecule has 1 aliphatic carbocycles. The Bertz CT molecular complexity index is 246. The predicted octanol–water partition coefficient (Wildman–Crippen LogP) is 2.68. The first-order valence-corrected chi connectivity index (χ1v) is 4.65. The molecule has 0 amide bonds. The fourth-order valence-corrected chi connectivity index (χ4v) is 1.46. The summed E-state index contributed by atoms with van der Waals surface area (Å²) < 4.78 is 0. The summed E-state index contributed by atoms with van der Waals surface area (Å²) in [5.41, 5.74) is 2.69. The lowest BCUT2D eigenvalue weighted by molar-refractivity contribution is 0.832. The van der Waals surface area contributed by atoms with E-state index >= 15 is 0 Å². The number of benzene rings is 1. The fourth-order valence-electron chi connectivity index (χ4n) is 1.46. The van der Waals surface area contributed by atoms with Crippen molar-refractivity contribution in [2.24, 2.45) is 5.92 Å². The van der Waals surface area contributed by atoms with Gasteiger partial charge in [-0.2, -0.15) is 0 Å². The van der Waals surface area contributed by atoms with Gasteiger partial charge in [0.05, 0.1) is 0 Å². The lowest BCUT2D eigenvalue weighted by Crippen LogP contribution is -1.90. The molecule has 1 aromatic rings. The molecule has 0 saturated heterocycles. The van der Waals surface area contributed by atoms with Crippen LogP contribution in [0, 0.1) is 5.92 Å².